The first kappa shape index (κ1) is 20.2. The van der Waals surface area contributed by atoms with E-state index in [4.69, 9.17) is 14.2 Å². The molecule has 1 amide bonds. The van der Waals surface area contributed by atoms with Crippen molar-refractivity contribution < 1.29 is 19.0 Å². The fraction of sp³-hybridized carbons (Fsp3) is 0.286. The smallest absolute Gasteiger partial charge is 0.258 e. The second kappa shape index (κ2) is 9.59. The predicted molar refractivity (Wildman–Crippen MR) is 110 cm³/mol. The van der Waals surface area contributed by atoms with Crippen molar-refractivity contribution in [2.75, 3.05) is 26.1 Å². The topological polar surface area (TPSA) is 98.4 Å². The lowest BCUT2D eigenvalue weighted by Gasteiger charge is -2.11. The van der Waals surface area contributed by atoms with Gasteiger partial charge in [0.05, 0.1) is 26.4 Å². The zero-order valence-corrected chi connectivity index (χ0v) is 16.7. The van der Waals surface area contributed by atoms with Crippen LogP contribution in [0.1, 0.15) is 30.1 Å². The highest BCUT2D eigenvalue weighted by Crippen LogP contribution is 2.29. The zero-order valence-electron chi connectivity index (χ0n) is 16.7. The maximum atomic E-state index is 12.6. The number of methoxy groups -OCH3 is 2. The molecule has 1 heterocycles. The summed E-state index contributed by atoms with van der Waals surface area (Å²) in [5.74, 6) is 2.07. The Morgan fingerprint density at radius 2 is 1.86 bits per heavy atom. The van der Waals surface area contributed by atoms with Crippen LogP contribution in [-0.2, 0) is 0 Å². The fourth-order valence-electron chi connectivity index (χ4n) is 2.71. The average Bonchev–Trinajstić information content (AvgIpc) is 3.22. The summed E-state index contributed by atoms with van der Waals surface area (Å²) in [6.45, 7) is 2.69. The second-order valence-electron chi connectivity index (χ2n) is 6.23. The number of ether oxygens (including phenoxy) is 3. The Morgan fingerprint density at radius 1 is 1.07 bits per heavy atom. The number of para-hydroxylation sites is 1. The van der Waals surface area contributed by atoms with Crippen LogP contribution in [-0.4, -0.2) is 41.9 Å². The van der Waals surface area contributed by atoms with Crippen molar-refractivity contribution in [3.63, 3.8) is 0 Å². The molecule has 1 aromatic heterocycles. The average molecular weight is 396 g/mol. The van der Waals surface area contributed by atoms with Crippen molar-refractivity contribution in [1.29, 1.82) is 0 Å². The number of hydrogen-bond donors (Lipinski definition) is 2. The monoisotopic (exact) mass is 396 g/mol. The summed E-state index contributed by atoms with van der Waals surface area (Å²) < 4.78 is 16.4. The van der Waals surface area contributed by atoms with Crippen LogP contribution in [0.25, 0.3) is 11.4 Å². The molecule has 0 aliphatic heterocycles. The van der Waals surface area contributed by atoms with E-state index in [1.165, 1.54) is 0 Å². The molecular weight excluding hydrogens is 372 g/mol. The summed E-state index contributed by atoms with van der Waals surface area (Å²) in [6.07, 6.45) is 1.99. The number of carbonyl (C=O) groups excluding carboxylic acids is 1. The van der Waals surface area contributed by atoms with E-state index in [0.29, 0.717) is 35.2 Å². The summed E-state index contributed by atoms with van der Waals surface area (Å²) in [5, 5.41) is 9.56. The molecule has 0 bridgehead atoms. The molecule has 0 saturated heterocycles. The van der Waals surface area contributed by atoms with Gasteiger partial charge in [-0.3, -0.25) is 15.2 Å². The molecule has 29 heavy (non-hydrogen) atoms. The number of hydrogen-bond acceptors (Lipinski definition) is 6. The van der Waals surface area contributed by atoms with Gasteiger partial charge in [-0.25, -0.2) is 0 Å². The van der Waals surface area contributed by atoms with Crippen LogP contribution in [0, 0.1) is 0 Å². The standard InChI is InChI=1S/C21H24N4O4/c1-4-5-12-29-17-11-10-14(13-18(17)28-3)20(26)23-21-22-19(24-25-21)15-8-6-7-9-16(15)27-2/h6-11,13H,4-5,12H2,1-3H3,(H2,22,23,24,25,26). The van der Waals surface area contributed by atoms with Gasteiger partial charge in [0, 0.05) is 5.56 Å². The Labute approximate surface area is 169 Å². The highest BCUT2D eigenvalue weighted by molar-refractivity contribution is 6.03. The first-order valence-corrected chi connectivity index (χ1v) is 9.34. The van der Waals surface area contributed by atoms with Crippen LogP contribution >= 0.6 is 0 Å². The summed E-state index contributed by atoms with van der Waals surface area (Å²) in [4.78, 5) is 16.9. The molecule has 3 rings (SSSR count). The predicted octanol–water partition coefficient (Wildman–Crippen LogP) is 3.92. The number of amides is 1. The van der Waals surface area contributed by atoms with Gasteiger partial charge in [0.2, 0.25) is 5.95 Å². The Balaban J connectivity index is 1.73. The van der Waals surface area contributed by atoms with Gasteiger partial charge in [-0.05, 0) is 36.8 Å². The molecule has 0 atom stereocenters. The van der Waals surface area contributed by atoms with Gasteiger partial charge in [0.15, 0.2) is 17.3 Å². The minimum absolute atomic E-state index is 0.165. The van der Waals surface area contributed by atoms with Crippen molar-refractivity contribution in [3.8, 4) is 28.6 Å². The Hall–Kier alpha value is -3.55. The van der Waals surface area contributed by atoms with Crippen LogP contribution in [0.5, 0.6) is 17.2 Å². The normalized spacial score (nSPS) is 10.4. The number of H-pyrrole nitrogens is 1. The van der Waals surface area contributed by atoms with Gasteiger partial charge in [0.25, 0.3) is 5.91 Å². The number of nitrogens with one attached hydrogen (secondary N) is 2. The van der Waals surface area contributed by atoms with Gasteiger partial charge < -0.3 is 14.2 Å². The van der Waals surface area contributed by atoms with Crippen molar-refractivity contribution >= 4 is 11.9 Å². The van der Waals surface area contributed by atoms with Crippen LogP contribution < -0.4 is 19.5 Å². The molecule has 0 aliphatic carbocycles. The summed E-state index contributed by atoms with van der Waals surface area (Å²) >= 11 is 0. The number of carbonyl (C=O) groups is 1. The van der Waals surface area contributed by atoms with Gasteiger partial charge in [-0.2, -0.15) is 4.98 Å². The molecular formula is C21H24N4O4. The third-order valence-electron chi connectivity index (χ3n) is 4.25. The molecule has 0 fully saturated rings. The number of anilines is 1. The lowest BCUT2D eigenvalue weighted by molar-refractivity contribution is 0.102. The molecule has 2 aromatic carbocycles. The molecule has 2 N–H and O–H groups in total. The third-order valence-corrected chi connectivity index (χ3v) is 4.25. The fourth-order valence-corrected chi connectivity index (χ4v) is 2.71. The number of unbranched alkanes of at least 4 members (excludes halogenated alkanes) is 1. The highest BCUT2D eigenvalue weighted by Gasteiger charge is 2.15. The summed E-state index contributed by atoms with van der Waals surface area (Å²) in [5.41, 5.74) is 1.16. The zero-order chi connectivity index (χ0) is 20.6. The Kier molecular flexibility index (Phi) is 6.67. The quantitative estimate of drug-likeness (QED) is 0.532. The molecule has 0 radical (unpaired) electrons. The van der Waals surface area contributed by atoms with E-state index in [9.17, 15) is 4.79 Å². The number of rotatable bonds is 9. The minimum atomic E-state index is -0.353. The van der Waals surface area contributed by atoms with E-state index in [1.54, 1.807) is 32.4 Å². The molecule has 8 heteroatoms. The van der Waals surface area contributed by atoms with Gasteiger partial charge in [-0.15, -0.1) is 5.10 Å². The van der Waals surface area contributed by atoms with Crippen LogP contribution in [0.2, 0.25) is 0 Å². The van der Waals surface area contributed by atoms with Crippen molar-refractivity contribution in [2.45, 2.75) is 19.8 Å². The van der Waals surface area contributed by atoms with Gasteiger partial charge in [-0.1, -0.05) is 25.5 Å². The molecule has 0 aliphatic rings. The van der Waals surface area contributed by atoms with Crippen LogP contribution in [0.3, 0.4) is 0 Å². The lowest BCUT2D eigenvalue weighted by Crippen LogP contribution is -2.13. The van der Waals surface area contributed by atoms with Crippen molar-refractivity contribution in [1.82, 2.24) is 15.2 Å². The molecule has 3 aromatic rings. The Morgan fingerprint density at radius 3 is 2.62 bits per heavy atom. The number of benzene rings is 2. The van der Waals surface area contributed by atoms with Gasteiger partial charge in [0.1, 0.15) is 5.75 Å². The maximum absolute atomic E-state index is 12.6. The first-order chi connectivity index (χ1) is 14.2. The second-order valence-corrected chi connectivity index (χ2v) is 6.23. The third kappa shape index (κ3) is 4.84. The Bertz CT molecular complexity index is 971. The maximum Gasteiger partial charge on any atom is 0.258 e. The number of aromatic amines is 1. The lowest BCUT2D eigenvalue weighted by atomic mass is 10.2. The van der Waals surface area contributed by atoms with Gasteiger partial charge >= 0.3 is 0 Å². The summed E-state index contributed by atoms with van der Waals surface area (Å²) in [7, 11) is 3.12. The van der Waals surface area contributed by atoms with Crippen molar-refractivity contribution in [3.05, 3.63) is 48.0 Å². The van der Waals surface area contributed by atoms with E-state index in [1.807, 2.05) is 24.3 Å². The van der Waals surface area contributed by atoms with E-state index in [2.05, 4.69) is 27.4 Å². The van der Waals surface area contributed by atoms with Crippen LogP contribution in [0.15, 0.2) is 42.5 Å². The van der Waals surface area contributed by atoms with E-state index in [-0.39, 0.29) is 11.9 Å². The van der Waals surface area contributed by atoms with Crippen molar-refractivity contribution in [2.24, 2.45) is 0 Å². The number of nitrogens with zero attached hydrogens (tertiary/aromatic N) is 2. The van der Waals surface area contributed by atoms with Crippen LogP contribution in [0.4, 0.5) is 5.95 Å². The van der Waals surface area contributed by atoms with E-state index in [0.717, 1.165) is 18.4 Å². The van der Waals surface area contributed by atoms with E-state index >= 15 is 0 Å². The summed E-state index contributed by atoms with van der Waals surface area (Å²) in [6, 6.07) is 12.4. The molecule has 152 valence electrons. The molecule has 0 spiro atoms. The SMILES string of the molecule is CCCCOc1ccc(C(=O)Nc2n[nH]c(-c3ccccc3OC)n2)cc1OC. The first-order valence-electron chi connectivity index (χ1n) is 9.34. The number of aromatic nitrogens is 3. The van der Waals surface area contributed by atoms with E-state index < -0.39 is 0 Å². The molecule has 0 unspecified atom stereocenters. The minimum Gasteiger partial charge on any atom is -0.496 e. The molecule has 0 saturated carbocycles. The highest BCUT2D eigenvalue weighted by atomic mass is 16.5. The largest absolute Gasteiger partial charge is 0.496 e. The molecule has 8 nitrogen and oxygen atoms in total.